The Hall–Kier alpha value is -1.89. The van der Waals surface area contributed by atoms with E-state index in [4.69, 9.17) is 11.6 Å². The minimum Gasteiger partial charge on any atom is -0.186 e. The number of hydrogen-bond acceptors (Lipinski definition) is 5. The van der Waals surface area contributed by atoms with Crippen molar-refractivity contribution < 1.29 is 0 Å². The Kier molecular flexibility index (Phi) is 4.51. The van der Waals surface area contributed by atoms with Gasteiger partial charge in [0, 0.05) is 16.3 Å². The number of thioether (sulfide) groups is 1. The molecular weight excluding hydrogens is 360 g/mol. The van der Waals surface area contributed by atoms with Crippen LogP contribution in [-0.2, 0) is 11.5 Å². The van der Waals surface area contributed by atoms with Gasteiger partial charge >= 0.3 is 0 Å². The van der Waals surface area contributed by atoms with Crippen LogP contribution in [0.4, 0.5) is 0 Å². The molecule has 0 unspecified atom stereocenters. The molecule has 0 aliphatic heterocycles. The van der Waals surface area contributed by atoms with Crippen LogP contribution in [0.2, 0.25) is 5.02 Å². The van der Waals surface area contributed by atoms with Crippen molar-refractivity contribution in [3.8, 4) is 10.6 Å². The normalized spacial score (nSPS) is 11.2. The molecule has 0 amide bonds. The van der Waals surface area contributed by atoms with E-state index in [2.05, 4.69) is 39.6 Å². The van der Waals surface area contributed by atoms with Crippen LogP contribution in [0.3, 0.4) is 0 Å². The number of fused-ring (bicyclic) bond motifs is 1. The highest BCUT2D eigenvalue weighted by Gasteiger charge is 2.13. The van der Waals surface area contributed by atoms with E-state index in [-0.39, 0.29) is 0 Å². The van der Waals surface area contributed by atoms with Gasteiger partial charge in [0.05, 0.1) is 5.75 Å². The molecule has 0 aliphatic carbocycles. The van der Waals surface area contributed by atoms with Gasteiger partial charge in [-0.3, -0.25) is 0 Å². The summed E-state index contributed by atoms with van der Waals surface area (Å²) in [7, 11) is 0. The summed E-state index contributed by atoms with van der Waals surface area (Å²) in [6.07, 6.45) is 0. The molecule has 0 saturated carbocycles. The number of halogens is 1. The molecule has 0 bridgehead atoms. The van der Waals surface area contributed by atoms with Crippen molar-refractivity contribution in [2.45, 2.75) is 11.5 Å². The van der Waals surface area contributed by atoms with E-state index in [1.165, 1.54) is 16.9 Å². The lowest BCUT2D eigenvalue weighted by molar-refractivity contribution is 0.887. The van der Waals surface area contributed by atoms with Crippen molar-refractivity contribution in [2.75, 3.05) is 0 Å². The maximum absolute atomic E-state index is 6.06. The predicted molar refractivity (Wildman–Crippen MR) is 101 cm³/mol. The fourth-order valence-electron chi connectivity index (χ4n) is 2.32. The first-order valence-electron chi connectivity index (χ1n) is 7.38. The first-order valence-corrected chi connectivity index (χ1v) is 9.73. The van der Waals surface area contributed by atoms with Crippen LogP contribution < -0.4 is 0 Å². The molecule has 4 rings (SSSR count). The van der Waals surface area contributed by atoms with Gasteiger partial charge < -0.3 is 0 Å². The standard InChI is InChI=1S/C17H13ClN4S2/c18-14-8-4-7-13(9-14)16-21-22-15(19-20-17(22)24-16)11-23-10-12-5-2-1-3-6-12/h1-9H,10-11H2. The molecule has 2 aromatic heterocycles. The molecule has 4 nitrogen and oxygen atoms in total. The molecular formula is C17H13ClN4S2. The summed E-state index contributed by atoms with van der Waals surface area (Å²) in [6.45, 7) is 0. The summed E-state index contributed by atoms with van der Waals surface area (Å²) in [4.78, 5) is 0.806. The summed E-state index contributed by atoms with van der Waals surface area (Å²) in [5.41, 5.74) is 2.31. The van der Waals surface area contributed by atoms with Gasteiger partial charge in [-0.05, 0) is 17.7 Å². The molecule has 7 heteroatoms. The Bertz CT molecular complexity index is 965. The lowest BCUT2D eigenvalue weighted by Gasteiger charge is -2.00. The number of aromatic nitrogens is 4. The minimum absolute atomic E-state index is 0.706. The van der Waals surface area contributed by atoms with Crippen molar-refractivity contribution in [1.82, 2.24) is 19.8 Å². The lowest BCUT2D eigenvalue weighted by Crippen LogP contribution is -1.94. The largest absolute Gasteiger partial charge is 0.235 e. The molecule has 120 valence electrons. The number of hydrogen-bond donors (Lipinski definition) is 0. The third-order valence-corrected chi connectivity index (χ3v) is 5.65. The average molecular weight is 373 g/mol. The first kappa shape index (κ1) is 15.6. The zero-order chi connectivity index (χ0) is 16.4. The van der Waals surface area contributed by atoms with Crippen molar-refractivity contribution in [1.29, 1.82) is 0 Å². The van der Waals surface area contributed by atoms with E-state index in [9.17, 15) is 0 Å². The van der Waals surface area contributed by atoms with E-state index < -0.39 is 0 Å². The maximum atomic E-state index is 6.06. The van der Waals surface area contributed by atoms with Gasteiger partial charge in [-0.2, -0.15) is 9.61 Å². The van der Waals surface area contributed by atoms with E-state index >= 15 is 0 Å². The highest BCUT2D eigenvalue weighted by atomic mass is 35.5. The molecule has 0 aliphatic rings. The molecule has 0 N–H and O–H groups in total. The minimum atomic E-state index is 0.706. The predicted octanol–water partition coefficient (Wildman–Crippen LogP) is 4.94. The molecule has 0 radical (unpaired) electrons. The Morgan fingerprint density at radius 1 is 1.00 bits per heavy atom. The molecule has 0 spiro atoms. The number of benzene rings is 2. The number of nitrogens with zero attached hydrogens (tertiary/aromatic N) is 4. The number of rotatable bonds is 5. The van der Waals surface area contributed by atoms with Gasteiger partial charge in [0.2, 0.25) is 4.96 Å². The van der Waals surface area contributed by atoms with Gasteiger partial charge in [0.1, 0.15) is 5.01 Å². The van der Waals surface area contributed by atoms with Crippen molar-refractivity contribution >= 4 is 39.7 Å². The average Bonchev–Trinajstić information content (AvgIpc) is 3.18. The van der Waals surface area contributed by atoms with E-state index in [1.807, 2.05) is 34.8 Å². The van der Waals surface area contributed by atoms with Crippen molar-refractivity contribution in [2.24, 2.45) is 0 Å². The quantitative estimate of drug-likeness (QED) is 0.497. The molecule has 0 saturated heterocycles. The molecule has 2 aromatic carbocycles. The molecule has 0 atom stereocenters. The molecule has 2 heterocycles. The third kappa shape index (κ3) is 3.31. The topological polar surface area (TPSA) is 43.1 Å². The highest BCUT2D eigenvalue weighted by Crippen LogP contribution is 2.28. The molecule has 4 aromatic rings. The van der Waals surface area contributed by atoms with Crippen LogP contribution in [0.15, 0.2) is 54.6 Å². The highest BCUT2D eigenvalue weighted by molar-refractivity contribution is 7.97. The monoisotopic (exact) mass is 372 g/mol. The summed E-state index contributed by atoms with van der Waals surface area (Å²) < 4.78 is 1.83. The van der Waals surface area contributed by atoms with Crippen LogP contribution in [-0.4, -0.2) is 19.8 Å². The van der Waals surface area contributed by atoms with Gasteiger partial charge in [0.25, 0.3) is 0 Å². The van der Waals surface area contributed by atoms with E-state index in [1.54, 1.807) is 11.8 Å². The SMILES string of the molecule is Clc1cccc(-c2nn3c(CSCc4ccccc4)nnc3s2)c1. The van der Waals surface area contributed by atoms with Crippen molar-refractivity contribution in [3.05, 3.63) is 71.0 Å². The molecule has 0 fully saturated rings. The summed E-state index contributed by atoms with van der Waals surface area (Å²) in [5.74, 6) is 2.59. The van der Waals surface area contributed by atoms with E-state index in [0.29, 0.717) is 5.02 Å². The lowest BCUT2D eigenvalue weighted by atomic mass is 10.2. The summed E-state index contributed by atoms with van der Waals surface area (Å²) in [5, 5.41) is 14.7. The second-order valence-corrected chi connectivity index (χ2v) is 7.58. The Morgan fingerprint density at radius 3 is 2.71 bits per heavy atom. The fraction of sp³-hybridized carbons (Fsp3) is 0.118. The second kappa shape index (κ2) is 6.93. The summed E-state index contributed by atoms with van der Waals surface area (Å²) >= 11 is 9.39. The Labute approximate surface area is 152 Å². The van der Waals surface area contributed by atoms with Gasteiger partial charge in [0.15, 0.2) is 5.82 Å². The fourth-order valence-corrected chi connectivity index (χ4v) is 4.26. The van der Waals surface area contributed by atoms with Crippen LogP contribution in [0.25, 0.3) is 15.5 Å². The second-order valence-electron chi connectivity index (χ2n) is 5.21. The van der Waals surface area contributed by atoms with Gasteiger partial charge in [-0.15, -0.1) is 22.0 Å². The van der Waals surface area contributed by atoms with E-state index in [0.717, 1.165) is 32.9 Å². The third-order valence-electron chi connectivity index (χ3n) is 3.47. The molecule has 24 heavy (non-hydrogen) atoms. The van der Waals surface area contributed by atoms with Crippen LogP contribution in [0.1, 0.15) is 11.4 Å². The zero-order valence-electron chi connectivity index (χ0n) is 12.6. The Morgan fingerprint density at radius 2 is 1.88 bits per heavy atom. The Balaban J connectivity index is 1.52. The van der Waals surface area contributed by atoms with Crippen LogP contribution in [0.5, 0.6) is 0 Å². The zero-order valence-corrected chi connectivity index (χ0v) is 15.0. The first-order chi connectivity index (χ1) is 11.8. The van der Waals surface area contributed by atoms with Crippen LogP contribution in [0, 0.1) is 0 Å². The van der Waals surface area contributed by atoms with Gasteiger partial charge in [-0.25, -0.2) is 0 Å². The van der Waals surface area contributed by atoms with Gasteiger partial charge in [-0.1, -0.05) is 65.4 Å². The van der Waals surface area contributed by atoms with Crippen LogP contribution >= 0.6 is 34.7 Å². The smallest absolute Gasteiger partial charge is 0.186 e. The van der Waals surface area contributed by atoms with Crippen molar-refractivity contribution in [3.63, 3.8) is 0 Å². The summed E-state index contributed by atoms with van der Waals surface area (Å²) in [6, 6.07) is 18.1. The maximum Gasteiger partial charge on any atom is 0.235 e.